The largest absolute Gasteiger partial charge is 0.326 e. The molecule has 0 spiro atoms. The Balaban J connectivity index is 2.20. The summed E-state index contributed by atoms with van der Waals surface area (Å²) in [5.74, 6) is 0.497. The van der Waals surface area contributed by atoms with Crippen LogP contribution in [0.1, 0.15) is 45.6 Å². The third-order valence-corrected chi connectivity index (χ3v) is 3.68. The smallest absolute Gasteiger partial charge is 0.226 e. The van der Waals surface area contributed by atoms with Crippen LogP contribution in [0.3, 0.4) is 0 Å². The summed E-state index contributed by atoms with van der Waals surface area (Å²) in [6.45, 7) is 6.69. The van der Waals surface area contributed by atoms with Crippen molar-refractivity contribution in [3.8, 4) is 0 Å². The van der Waals surface area contributed by atoms with Gasteiger partial charge in [-0.15, -0.1) is 0 Å². The van der Waals surface area contributed by atoms with Gasteiger partial charge in [-0.1, -0.05) is 26.8 Å². The molecule has 4 heteroatoms. The molecule has 0 aromatic heterocycles. The Hall–Kier alpha value is -1.84. The number of rotatable bonds is 4. The fraction of sp³-hybridized carbons (Fsp3) is 0.529. The van der Waals surface area contributed by atoms with Crippen molar-refractivity contribution in [2.24, 2.45) is 5.92 Å². The van der Waals surface area contributed by atoms with Crippen LogP contribution in [-0.4, -0.2) is 18.4 Å². The summed E-state index contributed by atoms with van der Waals surface area (Å²) >= 11 is 0. The van der Waals surface area contributed by atoms with Crippen LogP contribution in [0.25, 0.3) is 0 Å². The van der Waals surface area contributed by atoms with Crippen LogP contribution in [0.5, 0.6) is 0 Å². The average molecular weight is 288 g/mol. The van der Waals surface area contributed by atoms with Crippen LogP contribution >= 0.6 is 0 Å². The molecule has 114 valence electrons. The predicted molar refractivity (Wildman–Crippen MR) is 85.5 cm³/mol. The van der Waals surface area contributed by atoms with Crippen molar-refractivity contribution in [1.29, 1.82) is 0 Å². The summed E-state index contributed by atoms with van der Waals surface area (Å²) in [6.07, 6.45) is 3.00. The van der Waals surface area contributed by atoms with Gasteiger partial charge in [0.25, 0.3) is 0 Å². The quantitative estimate of drug-likeness (QED) is 0.923. The maximum absolute atomic E-state index is 12.0. The Morgan fingerprint density at radius 1 is 1.33 bits per heavy atom. The molecular weight excluding hydrogens is 264 g/mol. The molecule has 0 fully saturated rings. The molecule has 0 saturated carbocycles. The third-order valence-electron chi connectivity index (χ3n) is 3.68. The normalized spacial score (nSPS) is 14.0. The first kappa shape index (κ1) is 15.5. The van der Waals surface area contributed by atoms with E-state index in [2.05, 4.69) is 5.32 Å². The Kier molecular flexibility index (Phi) is 4.99. The fourth-order valence-electron chi connectivity index (χ4n) is 2.69. The van der Waals surface area contributed by atoms with Crippen molar-refractivity contribution in [3.63, 3.8) is 0 Å². The lowest BCUT2D eigenvalue weighted by atomic mass is 10.0. The van der Waals surface area contributed by atoms with E-state index in [9.17, 15) is 9.59 Å². The number of amides is 2. The van der Waals surface area contributed by atoms with Gasteiger partial charge in [0.2, 0.25) is 11.8 Å². The van der Waals surface area contributed by atoms with Gasteiger partial charge in [-0.05, 0) is 36.5 Å². The SMILES string of the molecule is CCC(=O)N1CCCc2ccc(NC(=O)CC(C)C)cc21. The van der Waals surface area contributed by atoms with Crippen molar-refractivity contribution >= 4 is 23.2 Å². The number of anilines is 2. The van der Waals surface area contributed by atoms with Crippen LogP contribution in [0.15, 0.2) is 18.2 Å². The second-order valence-electron chi connectivity index (χ2n) is 5.99. The zero-order chi connectivity index (χ0) is 15.4. The van der Waals surface area contributed by atoms with Gasteiger partial charge in [0.05, 0.1) is 0 Å². The third kappa shape index (κ3) is 3.84. The molecule has 0 aliphatic carbocycles. The molecule has 4 nitrogen and oxygen atoms in total. The van der Waals surface area contributed by atoms with E-state index in [1.807, 2.05) is 43.9 Å². The first-order valence-electron chi connectivity index (χ1n) is 7.74. The van der Waals surface area contributed by atoms with Crippen LogP contribution in [0.4, 0.5) is 11.4 Å². The average Bonchev–Trinajstić information content (AvgIpc) is 2.44. The number of carbonyl (C=O) groups is 2. The molecule has 0 radical (unpaired) electrons. The number of fused-ring (bicyclic) bond motifs is 1. The second-order valence-corrected chi connectivity index (χ2v) is 5.99. The Bertz CT molecular complexity index is 538. The predicted octanol–water partition coefficient (Wildman–Crippen LogP) is 3.36. The van der Waals surface area contributed by atoms with E-state index < -0.39 is 0 Å². The lowest BCUT2D eigenvalue weighted by Gasteiger charge is -2.29. The minimum atomic E-state index is 0.0223. The van der Waals surface area contributed by atoms with E-state index in [0.29, 0.717) is 18.8 Å². The second kappa shape index (κ2) is 6.74. The van der Waals surface area contributed by atoms with E-state index in [1.54, 1.807) is 0 Å². The lowest BCUT2D eigenvalue weighted by Crippen LogP contribution is -2.35. The summed E-state index contributed by atoms with van der Waals surface area (Å²) in [4.78, 5) is 25.8. The highest BCUT2D eigenvalue weighted by atomic mass is 16.2. The van der Waals surface area contributed by atoms with E-state index in [0.717, 1.165) is 30.8 Å². The molecule has 0 atom stereocenters. The van der Waals surface area contributed by atoms with Gasteiger partial charge in [0, 0.05) is 30.8 Å². The molecule has 0 saturated heterocycles. The molecule has 21 heavy (non-hydrogen) atoms. The molecular formula is C17H24N2O2. The van der Waals surface area contributed by atoms with Crippen molar-refractivity contribution in [2.75, 3.05) is 16.8 Å². The minimum absolute atomic E-state index is 0.0223. The zero-order valence-corrected chi connectivity index (χ0v) is 13.1. The van der Waals surface area contributed by atoms with Crippen LogP contribution in [0, 0.1) is 5.92 Å². The Morgan fingerprint density at radius 2 is 2.10 bits per heavy atom. The highest BCUT2D eigenvalue weighted by Gasteiger charge is 2.21. The topological polar surface area (TPSA) is 49.4 Å². The number of nitrogens with one attached hydrogen (secondary N) is 1. The van der Waals surface area contributed by atoms with E-state index in [1.165, 1.54) is 5.56 Å². The Labute approximate surface area is 126 Å². The molecule has 0 unspecified atom stereocenters. The van der Waals surface area contributed by atoms with Crippen molar-refractivity contribution in [2.45, 2.75) is 46.5 Å². The fourth-order valence-corrected chi connectivity index (χ4v) is 2.69. The molecule has 1 heterocycles. The van der Waals surface area contributed by atoms with Gasteiger partial charge >= 0.3 is 0 Å². The first-order valence-corrected chi connectivity index (χ1v) is 7.74. The molecule has 1 aliphatic rings. The van der Waals surface area contributed by atoms with Crippen molar-refractivity contribution in [1.82, 2.24) is 0 Å². The molecule has 0 bridgehead atoms. The zero-order valence-electron chi connectivity index (χ0n) is 13.1. The lowest BCUT2D eigenvalue weighted by molar-refractivity contribution is -0.118. The van der Waals surface area contributed by atoms with Gasteiger partial charge in [0.15, 0.2) is 0 Å². The van der Waals surface area contributed by atoms with Crippen LogP contribution in [-0.2, 0) is 16.0 Å². The summed E-state index contributed by atoms with van der Waals surface area (Å²) in [5.41, 5.74) is 2.91. The molecule has 1 N–H and O–H groups in total. The Morgan fingerprint density at radius 3 is 2.76 bits per heavy atom. The van der Waals surface area contributed by atoms with E-state index in [4.69, 9.17) is 0 Å². The highest BCUT2D eigenvalue weighted by molar-refractivity contribution is 5.96. The van der Waals surface area contributed by atoms with Gasteiger partial charge < -0.3 is 10.2 Å². The number of aryl methyl sites for hydroxylation is 1. The van der Waals surface area contributed by atoms with Gasteiger partial charge in [-0.3, -0.25) is 9.59 Å². The van der Waals surface area contributed by atoms with E-state index in [-0.39, 0.29) is 11.8 Å². The molecule has 2 amide bonds. The van der Waals surface area contributed by atoms with Gasteiger partial charge in [0.1, 0.15) is 0 Å². The number of carbonyl (C=O) groups excluding carboxylic acids is 2. The van der Waals surface area contributed by atoms with Gasteiger partial charge in [-0.25, -0.2) is 0 Å². The number of hydrogen-bond acceptors (Lipinski definition) is 2. The van der Waals surface area contributed by atoms with Crippen molar-refractivity contribution < 1.29 is 9.59 Å². The number of benzene rings is 1. The van der Waals surface area contributed by atoms with Crippen molar-refractivity contribution in [3.05, 3.63) is 23.8 Å². The molecule has 1 aromatic carbocycles. The van der Waals surface area contributed by atoms with E-state index >= 15 is 0 Å². The standard InChI is InChI=1S/C17H24N2O2/c1-4-17(21)19-9-5-6-13-7-8-14(11-15(13)19)18-16(20)10-12(2)3/h7-8,11-12H,4-6,9-10H2,1-3H3,(H,18,20). The maximum atomic E-state index is 12.0. The monoisotopic (exact) mass is 288 g/mol. The maximum Gasteiger partial charge on any atom is 0.226 e. The van der Waals surface area contributed by atoms with Crippen LogP contribution in [0.2, 0.25) is 0 Å². The summed E-state index contributed by atoms with van der Waals surface area (Å²) in [5, 5.41) is 2.92. The molecule has 1 aliphatic heterocycles. The number of nitrogens with zero attached hydrogens (tertiary/aromatic N) is 1. The summed E-state index contributed by atoms with van der Waals surface area (Å²) < 4.78 is 0. The molecule has 2 rings (SSSR count). The summed E-state index contributed by atoms with van der Waals surface area (Å²) in [6, 6.07) is 5.88. The highest BCUT2D eigenvalue weighted by Crippen LogP contribution is 2.30. The first-order chi connectivity index (χ1) is 10.0. The molecule has 1 aromatic rings. The minimum Gasteiger partial charge on any atom is -0.326 e. The van der Waals surface area contributed by atoms with Crippen LogP contribution < -0.4 is 10.2 Å². The number of hydrogen-bond donors (Lipinski definition) is 1. The summed E-state index contributed by atoms with van der Waals surface area (Å²) in [7, 11) is 0. The van der Waals surface area contributed by atoms with Gasteiger partial charge in [-0.2, -0.15) is 0 Å².